The van der Waals surface area contributed by atoms with Gasteiger partial charge in [-0.15, -0.1) is 0 Å². The number of rotatable bonds is 7. The van der Waals surface area contributed by atoms with Crippen LogP contribution >= 0.6 is 0 Å². The quantitative estimate of drug-likeness (QED) is 0.521. The van der Waals surface area contributed by atoms with E-state index in [4.69, 9.17) is 4.74 Å². The Morgan fingerprint density at radius 3 is 2.48 bits per heavy atom. The molecule has 0 radical (unpaired) electrons. The van der Waals surface area contributed by atoms with E-state index in [1.54, 1.807) is 14.2 Å². The molecule has 0 aromatic heterocycles. The zero-order valence-electron chi connectivity index (χ0n) is 16.9. The number of hydrogen-bond donors (Lipinski definition) is 2. The van der Waals surface area contributed by atoms with Gasteiger partial charge < -0.3 is 25.2 Å². The maximum Gasteiger partial charge on any atom is 0.240 e. The van der Waals surface area contributed by atoms with Crippen LogP contribution < -0.4 is 10.6 Å². The first-order chi connectivity index (χ1) is 11.7. The van der Waals surface area contributed by atoms with Gasteiger partial charge in [-0.1, -0.05) is 0 Å². The molecule has 1 rings (SSSR count). The van der Waals surface area contributed by atoms with Gasteiger partial charge in [-0.2, -0.15) is 0 Å². The maximum atomic E-state index is 12.1. The molecule has 1 amide bonds. The molecule has 7 heteroatoms. The number of guanidine groups is 1. The largest absolute Gasteiger partial charge is 0.383 e. The molecular formula is C18H37N5O2. The topological polar surface area (TPSA) is 69.2 Å². The SMILES string of the molecule is CN=C(NCC1CCN(CCOC)CC1)N(C)CC(=O)NC(C)(C)C. The van der Waals surface area contributed by atoms with Crippen LogP contribution in [0.25, 0.3) is 0 Å². The van der Waals surface area contributed by atoms with E-state index in [0.29, 0.717) is 12.5 Å². The summed E-state index contributed by atoms with van der Waals surface area (Å²) in [6, 6.07) is 0. The van der Waals surface area contributed by atoms with Crippen molar-refractivity contribution in [3.63, 3.8) is 0 Å². The predicted octanol–water partition coefficient (Wildman–Crippen LogP) is 0.767. The van der Waals surface area contributed by atoms with Gasteiger partial charge in [0.05, 0.1) is 13.2 Å². The lowest BCUT2D eigenvalue weighted by Crippen LogP contribution is -2.49. The average molecular weight is 356 g/mol. The van der Waals surface area contributed by atoms with Crippen LogP contribution in [-0.4, -0.2) is 87.7 Å². The highest BCUT2D eigenvalue weighted by molar-refractivity contribution is 5.86. The highest BCUT2D eigenvalue weighted by Gasteiger charge is 2.20. The number of piperidine rings is 1. The molecule has 0 unspecified atom stereocenters. The lowest BCUT2D eigenvalue weighted by atomic mass is 9.97. The molecule has 0 aliphatic carbocycles. The summed E-state index contributed by atoms with van der Waals surface area (Å²) in [5.74, 6) is 1.42. The maximum absolute atomic E-state index is 12.1. The van der Waals surface area contributed by atoms with Gasteiger partial charge in [0.1, 0.15) is 0 Å². The molecule has 2 N–H and O–H groups in total. The third-order valence-electron chi connectivity index (χ3n) is 4.34. The highest BCUT2D eigenvalue weighted by Crippen LogP contribution is 2.16. The van der Waals surface area contributed by atoms with Crippen molar-refractivity contribution in [2.24, 2.45) is 10.9 Å². The molecule has 7 nitrogen and oxygen atoms in total. The summed E-state index contributed by atoms with van der Waals surface area (Å²) >= 11 is 0. The Balaban J connectivity index is 2.33. The van der Waals surface area contributed by atoms with Crippen LogP contribution in [0.1, 0.15) is 33.6 Å². The fourth-order valence-corrected chi connectivity index (χ4v) is 3.00. The third-order valence-corrected chi connectivity index (χ3v) is 4.34. The molecule has 25 heavy (non-hydrogen) atoms. The van der Waals surface area contributed by atoms with Crippen LogP contribution in [0.15, 0.2) is 4.99 Å². The number of likely N-dealkylation sites (tertiary alicyclic amines) is 1. The molecule has 0 spiro atoms. The van der Waals surface area contributed by atoms with E-state index in [0.717, 1.165) is 38.7 Å². The van der Waals surface area contributed by atoms with Gasteiger partial charge in [-0.25, -0.2) is 0 Å². The van der Waals surface area contributed by atoms with Crippen molar-refractivity contribution in [3.8, 4) is 0 Å². The number of ether oxygens (including phenoxy) is 1. The fraction of sp³-hybridized carbons (Fsp3) is 0.889. The summed E-state index contributed by atoms with van der Waals surface area (Å²) in [7, 11) is 5.40. The molecule has 1 heterocycles. The molecule has 0 aromatic rings. The normalized spacial score (nSPS) is 17.4. The smallest absolute Gasteiger partial charge is 0.240 e. The summed E-state index contributed by atoms with van der Waals surface area (Å²) < 4.78 is 5.15. The number of aliphatic imine (C=N–C) groups is 1. The van der Waals surface area contributed by atoms with Crippen molar-refractivity contribution in [1.82, 2.24) is 20.4 Å². The summed E-state index contributed by atoms with van der Waals surface area (Å²) in [4.78, 5) is 20.7. The van der Waals surface area contributed by atoms with E-state index in [2.05, 4.69) is 20.5 Å². The standard InChI is InChI=1S/C18H37N5O2/c1-18(2,3)21-16(24)14-22(5)17(19-4)20-13-15-7-9-23(10-8-15)11-12-25-6/h15H,7-14H2,1-6H3,(H,19,20)(H,21,24). The summed E-state index contributed by atoms with van der Waals surface area (Å²) in [6.45, 7) is 11.2. The third kappa shape index (κ3) is 9.07. The Labute approximate surface area is 153 Å². The molecule has 146 valence electrons. The van der Waals surface area contributed by atoms with Crippen LogP contribution in [0.5, 0.6) is 0 Å². The second-order valence-electron chi connectivity index (χ2n) is 7.86. The number of amides is 1. The number of nitrogens with zero attached hydrogens (tertiary/aromatic N) is 3. The van der Waals surface area contributed by atoms with Crippen molar-refractivity contribution in [1.29, 1.82) is 0 Å². The Morgan fingerprint density at radius 2 is 1.96 bits per heavy atom. The number of nitrogens with one attached hydrogen (secondary N) is 2. The minimum Gasteiger partial charge on any atom is -0.383 e. The van der Waals surface area contributed by atoms with Crippen LogP contribution in [0.3, 0.4) is 0 Å². The first-order valence-electron chi connectivity index (χ1n) is 9.19. The monoisotopic (exact) mass is 355 g/mol. The molecule has 1 saturated heterocycles. The van der Waals surface area contributed by atoms with E-state index in [9.17, 15) is 4.79 Å². The number of carbonyl (C=O) groups excluding carboxylic acids is 1. The van der Waals surface area contributed by atoms with Gasteiger partial charge in [0, 0.05) is 39.8 Å². The number of likely N-dealkylation sites (N-methyl/N-ethyl adjacent to an activating group) is 1. The van der Waals surface area contributed by atoms with E-state index in [-0.39, 0.29) is 11.4 Å². The number of hydrogen-bond acceptors (Lipinski definition) is 4. The van der Waals surface area contributed by atoms with Crippen LogP contribution in [0.4, 0.5) is 0 Å². The van der Waals surface area contributed by atoms with E-state index < -0.39 is 0 Å². The first kappa shape index (κ1) is 21.7. The summed E-state index contributed by atoms with van der Waals surface area (Å²) in [5.41, 5.74) is -0.217. The van der Waals surface area contributed by atoms with Gasteiger partial charge in [0.25, 0.3) is 0 Å². The molecule has 0 bridgehead atoms. The number of carbonyl (C=O) groups is 1. The second kappa shape index (κ2) is 10.6. The van der Waals surface area contributed by atoms with Crippen molar-refractivity contribution < 1.29 is 9.53 Å². The molecule has 1 aliphatic rings. The minimum absolute atomic E-state index is 0.00408. The summed E-state index contributed by atoms with van der Waals surface area (Å²) in [5, 5.41) is 6.39. The van der Waals surface area contributed by atoms with E-state index >= 15 is 0 Å². The van der Waals surface area contributed by atoms with Crippen LogP contribution in [0, 0.1) is 5.92 Å². The first-order valence-corrected chi connectivity index (χ1v) is 9.19. The molecule has 1 aliphatic heterocycles. The molecule has 0 saturated carbocycles. The zero-order valence-corrected chi connectivity index (χ0v) is 16.9. The van der Waals surface area contributed by atoms with Crippen LogP contribution in [0.2, 0.25) is 0 Å². The lowest BCUT2D eigenvalue weighted by Gasteiger charge is -2.32. The molecule has 1 fully saturated rings. The van der Waals surface area contributed by atoms with Crippen molar-refractivity contribution in [3.05, 3.63) is 0 Å². The molecular weight excluding hydrogens is 318 g/mol. The van der Waals surface area contributed by atoms with Crippen molar-refractivity contribution >= 4 is 11.9 Å². The Bertz CT molecular complexity index is 426. The molecule has 0 aromatic carbocycles. The van der Waals surface area contributed by atoms with Crippen molar-refractivity contribution in [2.45, 2.75) is 39.2 Å². The van der Waals surface area contributed by atoms with E-state index in [1.807, 2.05) is 32.7 Å². The summed E-state index contributed by atoms with van der Waals surface area (Å²) in [6.07, 6.45) is 2.36. The average Bonchev–Trinajstić information content (AvgIpc) is 2.52. The van der Waals surface area contributed by atoms with Crippen LogP contribution in [-0.2, 0) is 9.53 Å². The Hall–Kier alpha value is -1.34. The van der Waals surface area contributed by atoms with Crippen molar-refractivity contribution in [2.75, 3.05) is 60.5 Å². The number of methoxy groups -OCH3 is 1. The van der Waals surface area contributed by atoms with Gasteiger partial charge in [0.2, 0.25) is 5.91 Å². The molecule has 0 atom stereocenters. The van der Waals surface area contributed by atoms with Gasteiger partial charge in [-0.05, 0) is 52.6 Å². The zero-order chi connectivity index (χ0) is 18.9. The Kier molecular flexibility index (Phi) is 9.21. The highest BCUT2D eigenvalue weighted by atomic mass is 16.5. The Morgan fingerprint density at radius 1 is 1.32 bits per heavy atom. The second-order valence-corrected chi connectivity index (χ2v) is 7.86. The minimum atomic E-state index is -0.217. The lowest BCUT2D eigenvalue weighted by molar-refractivity contribution is -0.122. The fourth-order valence-electron chi connectivity index (χ4n) is 3.00. The predicted molar refractivity (Wildman–Crippen MR) is 103 cm³/mol. The van der Waals surface area contributed by atoms with Gasteiger partial charge in [0.15, 0.2) is 5.96 Å². The van der Waals surface area contributed by atoms with E-state index in [1.165, 1.54) is 12.8 Å². The van der Waals surface area contributed by atoms with Gasteiger partial charge >= 0.3 is 0 Å². The van der Waals surface area contributed by atoms with Gasteiger partial charge in [-0.3, -0.25) is 9.79 Å².